The lowest BCUT2D eigenvalue weighted by molar-refractivity contribution is -0.132. The van der Waals surface area contributed by atoms with E-state index in [1.54, 1.807) is 4.90 Å². The smallest absolute Gasteiger partial charge is 0.264 e. The van der Waals surface area contributed by atoms with E-state index in [9.17, 15) is 9.59 Å². The lowest BCUT2D eigenvalue weighted by Gasteiger charge is -2.37. The molecule has 0 bridgehead atoms. The summed E-state index contributed by atoms with van der Waals surface area (Å²) in [6.07, 6.45) is 0.786. The van der Waals surface area contributed by atoms with Crippen LogP contribution in [0.5, 0.6) is 5.75 Å². The van der Waals surface area contributed by atoms with E-state index in [1.165, 1.54) is 16.9 Å². The number of carbonyl (C=O) groups excluding carboxylic acids is 2. The molecule has 0 spiro atoms. The van der Waals surface area contributed by atoms with Crippen molar-refractivity contribution < 1.29 is 14.3 Å². The van der Waals surface area contributed by atoms with Crippen LogP contribution >= 0.6 is 11.3 Å². The molecule has 2 amide bonds. The summed E-state index contributed by atoms with van der Waals surface area (Å²) in [5.41, 5.74) is 3.33. The second kappa shape index (κ2) is 10.0. The Morgan fingerprint density at radius 2 is 1.84 bits per heavy atom. The molecule has 2 aromatic carbocycles. The number of thiophene rings is 1. The van der Waals surface area contributed by atoms with Gasteiger partial charge in [0, 0.05) is 19.6 Å². The fraction of sp³-hybridized carbons (Fsp3) is 0.308. The van der Waals surface area contributed by atoms with Gasteiger partial charge in [-0.25, -0.2) is 0 Å². The Kier molecular flexibility index (Phi) is 6.90. The maximum Gasteiger partial charge on any atom is 0.264 e. The van der Waals surface area contributed by atoms with Crippen LogP contribution in [0.25, 0.3) is 0 Å². The van der Waals surface area contributed by atoms with E-state index < -0.39 is 0 Å². The number of benzene rings is 2. The molecule has 0 aliphatic carbocycles. The predicted molar refractivity (Wildman–Crippen MR) is 127 cm³/mol. The summed E-state index contributed by atoms with van der Waals surface area (Å²) in [7, 11) is 0. The second-order valence-electron chi connectivity index (χ2n) is 7.75. The number of ether oxygens (including phenoxy) is 1. The summed E-state index contributed by atoms with van der Waals surface area (Å²) < 4.78 is 5.88. The topological polar surface area (TPSA) is 49.9 Å². The molecule has 1 atom stereocenters. The Hall–Kier alpha value is -3.12. The highest BCUT2D eigenvalue weighted by molar-refractivity contribution is 7.12. The number of carbonyl (C=O) groups is 2. The van der Waals surface area contributed by atoms with Crippen molar-refractivity contribution >= 4 is 23.2 Å². The Morgan fingerprint density at radius 1 is 1.06 bits per heavy atom. The van der Waals surface area contributed by atoms with E-state index in [0.29, 0.717) is 25.4 Å². The van der Waals surface area contributed by atoms with Crippen molar-refractivity contribution in [1.29, 1.82) is 0 Å². The number of rotatable bonds is 7. The van der Waals surface area contributed by atoms with Gasteiger partial charge in [0.05, 0.1) is 10.9 Å². The largest absolute Gasteiger partial charge is 0.484 e. The number of likely N-dealkylation sites (N-methyl/N-ethyl adjacent to an activating group) is 1. The SMILES string of the molecule is CCN(CC)C(=O)COc1ccc2c(c1)C(c1ccccc1)N(C(=O)c1cccs1)CC2. The first kappa shape index (κ1) is 22.1. The Labute approximate surface area is 193 Å². The summed E-state index contributed by atoms with van der Waals surface area (Å²) in [4.78, 5) is 30.2. The van der Waals surface area contributed by atoms with Crippen molar-refractivity contribution in [2.45, 2.75) is 26.3 Å². The van der Waals surface area contributed by atoms with Gasteiger partial charge in [0.15, 0.2) is 6.61 Å². The molecule has 0 fully saturated rings. The number of hydrogen-bond donors (Lipinski definition) is 0. The van der Waals surface area contributed by atoms with Gasteiger partial charge in [-0.3, -0.25) is 9.59 Å². The van der Waals surface area contributed by atoms with E-state index >= 15 is 0 Å². The van der Waals surface area contributed by atoms with Gasteiger partial charge < -0.3 is 14.5 Å². The van der Waals surface area contributed by atoms with Gasteiger partial charge in [0.2, 0.25) is 0 Å². The second-order valence-corrected chi connectivity index (χ2v) is 8.70. The molecule has 3 aromatic rings. The van der Waals surface area contributed by atoms with Crippen molar-refractivity contribution in [2.24, 2.45) is 0 Å². The lowest BCUT2D eigenvalue weighted by Crippen LogP contribution is -2.40. The third kappa shape index (κ3) is 4.55. The van der Waals surface area contributed by atoms with Crippen LogP contribution in [0.3, 0.4) is 0 Å². The minimum atomic E-state index is -0.198. The van der Waals surface area contributed by atoms with E-state index in [4.69, 9.17) is 4.74 Å². The highest BCUT2D eigenvalue weighted by atomic mass is 32.1. The molecular weight excluding hydrogens is 420 g/mol. The standard InChI is InChI=1S/C26H28N2O3S/c1-3-27(4-2)24(29)18-31-21-13-12-19-14-15-28(26(30)23-11-8-16-32-23)25(22(19)17-21)20-9-6-5-7-10-20/h5-13,16-17,25H,3-4,14-15,18H2,1-2H3. The summed E-state index contributed by atoms with van der Waals surface area (Å²) in [5.74, 6) is 0.667. The highest BCUT2D eigenvalue weighted by Gasteiger charge is 2.33. The van der Waals surface area contributed by atoms with Crippen LogP contribution in [0.4, 0.5) is 0 Å². The number of amides is 2. The first-order chi connectivity index (χ1) is 15.6. The van der Waals surface area contributed by atoms with Crippen molar-refractivity contribution in [3.63, 3.8) is 0 Å². The van der Waals surface area contributed by atoms with Crippen LogP contribution in [0.15, 0.2) is 66.0 Å². The Balaban J connectivity index is 1.65. The molecule has 1 aliphatic rings. The van der Waals surface area contributed by atoms with Crippen LogP contribution in [0.2, 0.25) is 0 Å². The molecule has 0 saturated carbocycles. The number of fused-ring (bicyclic) bond motifs is 1. The quantitative estimate of drug-likeness (QED) is 0.523. The van der Waals surface area contributed by atoms with Crippen molar-refractivity contribution in [1.82, 2.24) is 9.80 Å². The van der Waals surface area contributed by atoms with Crippen LogP contribution in [-0.4, -0.2) is 47.9 Å². The summed E-state index contributed by atoms with van der Waals surface area (Å²) in [6, 6.07) is 19.7. The molecule has 5 nitrogen and oxygen atoms in total. The zero-order valence-electron chi connectivity index (χ0n) is 18.5. The number of nitrogens with zero attached hydrogens (tertiary/aromatic N) is 2. The molecule has 32 heavy (non-hydrogen) atoms. The van der Waals surface area contributed by atoms with Crippen molar-refractivity contribution in [3.05, 3.63) is 87.6 Å². The normalized spacial score (nSPS) is 15.2. The fourth-order valence-corrected chi connectivity index (χ4v) is 4.93. The molecule has 0 N–H and O–H groups in total. The summed E-state index contributed by atoms with van der Waals surface area (Å²) in [6.45, 7) is 5.92. The lowest BCUT2D eigenvalue weighted by atomic mass is 9.88. The minimum Gasteiger partial charge on any atom is -0.484 e. The molecule has 1 aromatic heterocycles. The highest BCUT2D eigenvalue weighted by Crippen LogP contribution is 2.38. The monoisotopic (exact) mass is 448 g/mol. The molecule has 4 rings (SSSR count). The van der Waals surface area contributed by atoms with E-state index in [0.717, 1.165) is 22.4 Å². The van der Waals surface area contributed by atoms with Crippen molar-refractivity contribution in [3.8, 4) is 5.75 Å². The summed E-state index contributed by atoms with van der Waals surface area (Å²) in [5, 5.41) is 1.93. The van der Waals surface area contributed by atoms with E-state index in [1.807, 2.05) is 66.6 Å². The van der Waals surface area contributed by atoms with E-state index in [-0.39, 0.29) is 24.5 Å². The summed E-state index contributed by atoms with van der Waals surface area (Å²) >= 11 is 1.47. The first-order valence-electron chi connectivity index (χ1n) is 11.0. The molecule has 0 radical (unpaired) electrons. The van der Waals surface area contributed by atoms with E-state index in [2.05, 4.69) is 18.2 Å². The third-order valence-electron chi connectivity index (χ3n) is 5.93. The maximum atomic E-state index is 13.4. The average molecular weight is 449 g/mol. The first-order valence-corrected chi connectivity index (χ1v) is 11.9. The van der Waals surface area contributed by atoms with Crippen LogP contribution in [0, 0.1) is 0 Å². The van der Waals surface area contributed by atoms with Gasteiger partial charge in [0.1, 0.15) is 5.75 Å². The van der Waals surface area contributed by atoms with Gasteiger partial charge in [0.25, 0.3) is 11.8 Å². The van der Waals surface area contributed by atoms with Gasteiger partial charge in [-0.2, -0.15) is 0 Å². The molecular formula is C26H28N2O3S. The molecule has 1 aliphatic heterocycles. The van der Waals surface area contributed by atoms with Crippen LogP contribution in [-0.2, 0) is 11.2 Å². The average Bonchev–Trinajstić information content (AvgIpc) is 3.38. The van der Waals surface area contributed by atoms with Crippen molar-refractivity contribution in [2.75, 3.05) is 26.2 Å². The van der Waals surface area contributed by atoms with Crippen LogP contribution < -0.4 is 4.74 Å². The maximum absolute atomic E-state index is 13.4. The molecule has 1 unspecified atom stereocenters. The molecule has 2 heterocycles. The van der Waals surface area contributed by atoms with Gasteiger partial charge >= 0.3 is 0 Å². The minimum absolute atomic E-state index is 0.00824. The Morgan fingerprint density at radius 3 is 2.53 bits per heavy atom. The van der Waals surface area contributed by atoms with Crippen LogP contribution in [0.1, 0.15) is 46.3 Å². The van der Waals surface area contributed by atoms with Gasteiger partial charge in [-0.05, 0) is 60.5 Å². The third-order valence-corrected chi connectivity index (χ3v) is 6.79. The zero-order valence-corrected chi connectivity index (χ0v) is 19.3. The fourth-order valence-electron chi connectivity index (χ4n) is 4.25. The van der Waals surface area contributed by atoms with Gasteiger partial charge in [-0.1, -0.05) is 42.5 Å². The molecule has 0 saturated heterocycles. The zero-order chi connectivity index (χ0) is 22.5. The predicted octanol–water partition coefficient (Wildman–Crippen LogP) is 4.78. The number of hydrogen-bond acceptors (Lipinski definition) is 4. The molecule has 6 heteroatoms. The molecule has 166 valence electrons. The van der Waals surface area contributed by atoms with Gasteiger partial charge in [-0.15, -0.1) is 11.3 Å². The Bertz CT molecular complexity index is 1060.